The minimum atomic E-state index is -0.916. The highest BCUT2D eigenvalue weighted by molar-refractivity contribution is 5.94. The van der Waals surface area contributed by atoms with Crippen LogP contribution >= 0.6 is 0 Å². The van der Waals surface area contributed by atoms with Crippen LogP contribution in [-0.2, 0) is 14.3 Å². The number of aliphatic carboxylic acids is 1. The number of amides is 2. The maximum Gasteiger partial charge on any atom is 0.305 e. The molecule has 1 aromatic rings. The molecule has 2 aliphatic heterocycles. The maximum atomic E-state index is 12.8. The molecule has 1 aromatic carbocycles. The van der Waals surface area contributed by atoms with Gasteiger partial charge in [-0.2, -0.15) is 0 Å². The van der Waals surface area contributed by atoms with Crippen molar-refractivity contribution in [1.82, 2.24) is 10.2 Å². The number of nitrogens with zero attached hydrogens (tertiary/aromatic N) is 1. The average Bonchev–Trinajstić information content (AvgIpc) is 2.68. The molecule has 146 valence electrons. The van der Waals surface area contributed by atoms with Crippen molar-refractivity contribution >= 4 is 17.8 Å². The molecule has 2 heterocycles. The molecule has 0 unspecified atom stereocenters. The van der Waals surface area contributed by atoms with Gasteiger partial charge in [-0.15, -0.1) is 0 Å². The van der Waals surface area contributed by atoms with Crippen LogP contribution in [0.4, 0.5) is 0 Å². The fourth-order valence-corrected chi connectivity index (χ4v) is 3.87. The lowest BCUT2D eigenvalue weighted by molar-refractivity contribution is -0.141. The van der Waals surface area contributed by atoms with Crippen LogP contribution < -0.4 is 5.32 Å². The van der Waals surface area contributed by atoms with Gasteiger partial charge in [0.05, 0.1) is 12.0 Å². The van der Waals surface area contributed by atoms with Gasteiger partial charge < -0.3 is 20.1 Å². The fourth-order valence-electron chi connectivity index (χ4n) is 3.87. The summed E-state index contributed by atoms with van der Waals surface area (Å²) in [5, 5.41) is 12.2. The molecular formula is C20H26N2O5. The number of carbonyl (C=O) groups excluding carboxylic acids is 2. The van der Waals surface area contributed by atoms with E-state index in [4.69, 9.17) is 4.74 Å². The molecule has 0 aliphatic carbocycles. The zero-order valence-corrected chi connectivity index (χ0v) is 15.4. The average molecular weight is 374 g/mol. The minimum absolute atomic E-state index is 0.0127. The number of rotatable bonds is 5. The minimum Gasteiger partial charge on any atom is -0.481 e. The summed E-state index contributed by atoms with van der Waals surface area (Å²) >= 11 is 0. The Morgan fingerprint density at radius 3 is 2.33 bits per heavy atom. The number of hydrogen-bond acceptors (Lipinski definition) is 4. The SMILES string of the molecule is O=C(O)CC1(NC(=O)C2CCN(C(=O)c3ccccc3)CC2)CCOCC1. The zero-order chi connectivity index (χ0) is 19.3. The number of ether oxygens (including phenoxy) is 1. The van der Waals surface area contributed by atoms with Gasteiger partial charge in [0.1, 0.15) is 0 Å². The first-order valence-corrected chi connectivity index (χ1v) is 9.45. The maximum absolute atomic E-state index is 12.8. The normalized spacial score (nSPS) is 20.1. The van der Waals surface area contributed by atoms with Crippen LogP contribution in [0.3, 0.4) is 0 Å². The van der Waals surface area contributed by atoms with E-state index in [9.17, 15) is 19.5 Å². The number of likely N-dealkylation sites (tertiary alicyclic amines) is 1. The van der Waals surface area contributed by atoms with Gasteiger partial charge in [-0.1, -0.05) is 18.2 Å². The molecule has 2 fully saturated rings. The number of carboxylic acids is 1. The Hall–Kier alpha value is -2.41. The summed E-state index contributed by atoms with van der Waals surface area (Å²) < 4.78 is 5.33. The van der Waals surface area contributed by atoms with Crippen LogP contribution in [0.2, 0.25) is 0 Å². The van der Waals surface area contributed by atoms with Crippen LogP contribution in [0.1, 0.15) is 42.5 Å². The summed E-state index contributed by atoms with van der Waals surface area (Å²) in [6.07, 6.45) is 2.11. The molecule has 0 bridgehead atoms. The number of carbonyl (C=O) groups is 3. The Morgan fingerprint density at radius 2 is 1.74 bits per heavy atom. The van der Waals surface area contributed by atoms with E-state index in [1.165, 1.54) is 0 Å². The van der Waals surface area contributed by atoms with E-state index >= 15 is 0 Å². The van der Waals surface area contributed by atoms with Crippen molar-refractivity contribution in [2.24, 2.45) is 5.92 Å². The second-order valence-electron chi connectivity index (χ2n) is 7.38. The van der Waals surface area contributed by atoms with E-state index in [-0.39, 0.29) is 24.2 Å². The summed E-state index contributed by atoms with van der Waals surface area (Å²) in [6, 6.07) is 9.13. The first-order valence-electron chi connectivity index (χ1n) is 9.45. The third-order valence-corrected chi connectivity index (χ3v) is 5.50. The van der Waals surface area contributed by atoms with Crippen molar-refractivity contribution in [2.45, 2.75) is 37.6 Å². The molecule has 0 spiro atoms. The van der Waals surface area contributed by atoms with Crippen LogP contribution in [0.25, 0.3) is 0 Å². The molecule has 7 heteroatoms. The first kappa shape index (κ1) is 19.4. The van der Waals surface area contributed by atoms with Gasteiger partial charge in [-0.25, -0.2) is 0 Å². The topological polar surface area (TPSA) is 95.9 Å². The Morgan fingerprint density at radius 1 is 1.11 bits per heavy atom. The van der Waals surface area contributed by atoms with Gasteiger partial charge in [-0.05, 0) is 37.8 Å². The van der Waals surface area contributed by atoms with Crippen molar-refractivity contribution in [3.05, 3.63) is 35.9 Å². The molecule has 0 saturated carbocycles. The highest BCUT2D eigenvalue weighted by Crippen LogP contribution is 2.27. The molecule has 2 saturated heterocycles. The lowest BCUT2D eigenvalue weighted by atomic mass is 9.85. The van der Waals surface area contributed by atoms with E-state index < -0.39 is 11.5 Å². The molecule has 2 aliphatic rings. The smallest absolute Gasteiger partial charge is 0.305 e. The first-order chi connectivity index (χ1) is 13.0. The number of hydrogen-bond donors (Lipinski definition) is 2. The molecular weight excluding hydrogens is 348 g/mol. The monoisotopic (exact) mass is 374 g/mol. The molecule has 0 atom stereocenters. The fraction of sp³-hybridized carbons (Fsp3) is 0.550. The predicted molar refractivity (Wildman–Crippen MR) is 98.2 cm³/mol. The highest BCUT2D eigenvalue weighted by Gasteiger charge is 2.38. The standard InChI is InChI=1S/C20H26N2O5/c23-17(24)14-20(8-12-27-13-9-20)21-18(25)15-6-10-22(11-7-15)19(26)16-4-2-1-3-5-16/h1-5,15H,6-14H2,(H,21,25)(H,23,24). The van der Waals surface area contributed by atoms with Crippen molar-refractivity contribution < 1.29 is 24.2 Å². The van der Waals surface area contributed by atoms with E-state index in [1.54, 1.807) is 17.0 Å². The largest absolute Gasteiger partial charge is 0.481 e. The Kier molecular flexibility index (Phi) is 6.11. The van der Waals surface area contributed by atoms with Gasteiger partial charge in [0.2, 0.25) is 5.91 Å². The molecule has 27 heavy (non-hydrogen) atoms. The lowest BCUT2D eigenvalue weighted by Gasteiger charge is -2.39. The van der Waals surface area contributed by atoms with Gasteiger partial charge in [0.15, 0.2) is 0 Å². The van der Waals surface area contributed by atoms with Crippen LogP contribution in [-0.4, -0.2) is 59.6 Å². The molecule has 2 amide bonds. The second-order valence-corrected chi connectivity index (χ2v) is 7.38. The number of carboxylic acid groups (broad SMARTS) is 1. The molecule has 0 radical (unpaired) electrons. The van der Waals surface area contributed by atoms with Crippen LogP contribution in [0, 0.1) is 5.92 Å². The second kappa shape index (κ2) is 8.52. The molecule has 0 aromatic heterocycles. The number of piperidine rings is 1. The molecule has 3 rings (SSSR count). The van der Waals surface area contributed by atoms with Crippen molar-refractivity contribution in [3.63, 3.8) is 0 Å². The predicted octanol–water partition coefficient (Wildman–Crippen LogP) is 1.68. The lowest BCUT2D eigenvalue weighted by Crippen LogP contribution is -2.55. The third-order valence-electron chi connectivity index (χ3n) is 5.50. The zero-order valence-electron chi connectivity index (χ0n) is 15.4. The van der Waals surface area contributed by atoms with Gasteiger partial charge in [-0.3, -0.25) is 14.4 Å². The van der Waals surface area contributed by atoms with E-state index in [0.29, 0.717) is 57.6 Å². The van der Waals surface area contributed by atoms with Crippen molar-refractivity contribution in [2.75, 3.05) is 26.3 Å². The summed E-state index contributed by atoms with van der Waals surface area (Å²) in [5.41, 5.74) is -0.0685. The molecule has 7 nitrogen and oxygen atoms in total. The van der Waals surface area contributed by atoms with Crippen LogP contribution in [0.15, 0.2) is 30.3 Å². The van der Waals surface area contributed by atoms with E-state index in [0.717, 1.165) is 0 Å². The Labute approximate surface area is 158 Å². The summed E-state index contributed by atoms with van der Waals surface area (Å²) in [7, 11) is 0. The highest BCUT2D eigenvalue weighted by atomic mass is 16.5. The van der Waals surface area contributed by atoms with Gasteiger partial charge >= 0.3 is 5.97 Å². The molecule has 2 N–H and O–H groups in total. The van der Waals surface area contributed by atoms with Gasteiger partial charge in [0.25, 0.3) is 5.91 Å². The van der Waals surface area contributed by atoms with E-state index in [2.05, 4.69) is 5.32 Å². The summed E-state index contributed by atoms with van der Waals surface area (Å²) in [5.74, 6) is -1.23. The van der Waals surface area contributed by atoms with E-state index in [1.807, 2.05) is 18.2 Å². The van der Waals surface area contributed by atoms with Crippen molar-refractivity contribution in [1.29, 1.82) is 0 Å². The van der Waals surface area contributed by atoms with Gasteiger partial charge in [0, 0.05) is 37.8 Å². The Balaban J connectivity index is 1.56. The Bertz CT molecular complexity index is 677. The van der Waals surface area contributed by atoms with Crippen LogP contribution in [0.5, 0.6) is 0 Å². The summed E-state index contributed by atoms with van der Waals surface area (Å²) in [6.45, 7) is 1.97. The summed E-state index contributed by atoms with van der Waals surface area (Å²) in [4.78, 5) is 38.3. The third kappa shape index (κ3) is 4.86. The van der Waals surface area contributed by atoms with Crippen molar-refractivity contribution in [3.8, 4) is 0 Å². The quantitative estimate of drug-likeness (QED) is 0.817. The number of nitrogens with one attached hydrogen (secondary N) is 1. The number of benzene rings is 1.